The Morgan fingerprint density at radius 2 is 1.15 bits per heavy atom. The molecule has 13 heavy (non-hydrogen) atoms. The molecule has 74 valence electrons. The van der Waals surface area contributed by atoms with Gasteiger partial charge in [0, 0.05) is 0 Å². The second-order valence-corrected chi connectivity index (χ2v) is 6.93. The van der Waals surface area contributed by atoms with Gasteiger partial charge in [0.05, 0.1) is 0 Å². The van der Waals surface area contributed by atoms with Gasteiger partial charge in [0.2, 0.25) is 0 Å². The van der Waals surface area contributed by atoms with Crippen LogP contribution in [0.3, 0.4) is 0 Å². The Labute approximate surface area is 99.7 Å². The normalized spacial score (nSPS) is 9.15. The van der Waals surface area contributed by atoms with Gasteiger partial charge in [-0.1, -0.05) is 34.6 Å². The summed E-state index contributed by atoms with van der Waals surface area (Å²) in [7, 11) is 9.87. The third-order valence-corrected chi connectivity index (χ3v) is 2.81. The van der Waals surface area contributed by atoms with Gasteiger partial charge in [-0.05, 0) is 0 Å². The third kappa shape index (κ3) is 3.46. The molecular formula is C10H15Cl2Zr-. The molecule has 0 atom stereocenters. The second kappa shape index (κ2) is 6.33. The van der Waals surface area contributed by atoms with Crippen LogP contribution in [0.2, 0.25) is 0 Å². The molecule has 1 aromatic rings. The molecule has 0 bridgehead atoms. The first kappa shape index (κ1) is 13.8. The van der Waals surface area contributed by atoms with E-state index >= 15 is 0 Å². The molecule has 0 aromatic heterocycles. The van der Waals surface area contributed by atoms with Gasteiger partial charge in [-0.2, -0.15) is 27.8 Å². The van der Waals surface area contributed by atoms with E-state index in [-0.39, 0.29) is 0 Å². The zero-order valence-electron chi connectivity index (χ0n) is 8.76. The molecule has 0 aliphatic carbocycles. The van der Waals surface area contributed by atoms with Gasteiger partial charge in [-0.15, -0.1) is 0 Å². The molecule has 1 aromatic carbocycles. The first-order valence-electron chi connectivity index (χ1n) is 4.13. The third-order valence-electron chi connectivity index (χ3n) is 2.81. The molecule has 1 rings (SSSR count). The predicted octanol–water partition coefficient (Wildman–Crippen LogP) is 4.32. The fraction of sp³-hybridized carbons (Fsp3) is 0.500. The number of rotatable bonds is 0. The van der Waals surface area contributed by atoms with E-state index in [4.69, 9.17) is 17.0 Å². The fourth-order valence-corrected chi connectivity index (χ4v) is 1.41. The molecule has 0 heterocycles. The minimum atomic E-state index is -0.826. The maximum absolute atomic E-state index is 4.93. The van der Waals surface area contributed by atoms with Crippen molar-refractivity contribution in [3.05, 3.63) is 27.8 Å². The summed E-state index contributed by atoms with van der Waals surface area (Å²) in [6.07, 6.45) is 0. The Bertz CT molecular complexity index is 197. The zero-order valence-corrected chi connectivity index (χ0v) is 12.7. The summed E-state index contributed by atoms with van der Waals surface area (Å²) in [5, 5.41) is 0. The molecule has 0 saturated heterocycles. The van der Waals surface area contributed by atoms with Crippen molar-refractivity contribution >= 4 is 17.0 Å². The Morgan fingerprint density at radius 1 is 0.923 bits per heavy atom. The average molecular weight is 297 g/mol. The Morgan fingerprint density at radius 3 is 1.23 bits per heavy atom. The molecule has 0 saturated carbocycles. The molecule has 3 heteroatoms. The van der Waals surface area contributed by atoms with Crippen LogP contribution in [0.25, 0.3) is 0 Å². The second-order valence-electron chi connectivity index (χ2n) is 3.20. The standard InChI is InChI=1S/C10H15.2ClH.Zr/c1-6-7(2)9(4)10(5)8(6)3;;;/h1-5H3;2*1H;/q-1;;;+2/p-2. The van der Waals surface area contributed by atoms with E-state index in [0.29, 0.717) is 0 Å². The van der Waals surface area contributed by atoms with Crippen molar-refractivity contribution in [1.29, 1.82) is 0 Å². The van der Waals surface area contributed by atoms with Gasteiger partial charge in [-0.25, -0.2) is 0 Å². The summed E-state index contributed by atoms with van der Waals surface area (Å²) in [6, 6.07) is 0. The van der Waals surface area contributed by atoms with E-state index in [1.54, 1.807) is 0 Å². The molecule has 0 aliphatic heterocycles. The van der Waals surface area contributed by atoms with Crippen molar-refractivity contribution in [2.45, 2.75) is 34.6 Å². The molecular weight excluding hydrogens is 282 g/mol. The van der Waals surface area contributed by atoms with Crippen LogP contribution < -0.4 is 0 Å². The van der Waals surface area contributed by atoms with Crippen molar-refractivity contribution in [3.8, 4) is 0 Å². The average Bonchev–Trinajstić information content (AvgIpc) is 2.25. The van der Waals surface area contributed by atoms with Crippen LogP contribution in [-0.4, -0.2) is 0 Å². The Hall–Kier alpha value is 0.813. The van der Waals surface area contributed by atoms with E-state index < -0.39 is 20.8 Å². The van der Waals surface area contributed by atoms with Gasteiger partial charge in [-0.3, -0.25) is 0 Å². The Balaban J connectivity index is 0.000000424. The number of halogens is 2. The van der Waals surface area contributed by atoms with Gasteiger partial charge in [0.1, 0.15) is 0 Å². The molecule has 0 radical (unpaired) electrons. The van der Waals surface area contributed by atoms with Gasteiger partial charge >= 0.3 is 37.9 Å². The molecule has 0 aliphatic rings. The molecule has 0 unspecified atom stereocenters. The molecule has 0 spiro atoms. The van der Waals surface area contributed by atoms with Crippen molar-refractivity contribution in [2.24, 2.45) is 0 Å². The van der Waals surface area contributed by atoms with Gasteiger partial charge < -0.3 is 0 Å². The monoisotopic (exact) mass is 295 g/mol. The summed E-state index contributed by atoms with van der Waals surface area (Å²) in [5.41, 5.74) is 7.34. The molecule has 0 nitrogen and oxygen atoms in total. The van der Waals surface area contributed by atoms with E-state index in [1.165, 1.54) is 27.8 Å². The van der Waals surface area contributed by atoms with Crippen molar-refractivity contribution < 1.29 is 20.8 Å². The van der Waals surface area contributed by atoms with Crippen LogP contribution in [0.15, 0.2) is 0 Å². The number of hydrogen-bond acceptors (Lipinski definition) is 0. The van der Waals surface area contributed by atoms with Crippen LogP contribution in [0.4, 0.5) is 0 Å². The molecule has 0 amide bonds. The van der Waals surface area contributed by atoms with E-state index in [9.17, 15) is 0 Å². The van der Waals surface area contributed by atoms with E-state index in [0.717, 1.165) is 0 Å². The molecule has 0 N–H and O–H groups in total. The van der Waals surface area contributed by atoms with Crippen LogP contribution in [0.1, 0.15) is 27.8 Å². The topological polar surface area (TPSA) is 0 Å². The first-order chi connectivity index (χ1) is 5.97. The zero-order chi connectivity index (χ0) is 10.6. The summed E-state index contributed by atoms with van der Waals surface area (Å²) < 4.78 is 0. The summed E-state index contributed by atoms with van der Waals surface area (Å²) in [4.78, 5) is 0. The first-order valence-corrected chi connectivity index (χ1v) is 10.5. The summed E-state index contributed by atoms with van der Waals surface area (Å²) >= 11 is -0.826. The van der Waals surface area contributed by atoms with Crippen molar-refractivity contribution in [1.82, 2.24) is 0 Å². The van der Waals surface area contributed by atoms with Crippen LogP contribution in [-0.2, 0) is 20.8 Å². The van der Waals surface area contributed by atoms with Crippen LogP contribution in [0, 0.1) is 34.6 Å². The molecule has 0 fully saturated rings. The Kier molecular flexibility index (Phi) is 6.72. The van der Waals surface area contributed by atoms with Crippen LogP contribution in [0.5, 0.6) is 0 Å². The quantitative estimate of drug-likeness (QED) is 0.625. The maximum atomic E-state index is 4.93. The van der Waals surface area contributed by atoms with Gasteiger partial charge in [0.15, 0.2) is 0 Å². The van der Waals surface area contributed by atoms with Crippen molar-refractivity contribution in [3.63, 3.8) is 0 Å². The predicted molar refractivity (Wildman–Crippen MR) is 57.4 cm³/mol. The van der Waals surface area contributed by atoms with Crippen LogP contribution >= 0.6 is 17.0 Å². The number of hydrogen-bond donors (Lipinski definition) is 0. The van der Waals surface area contributed by atoms with Crippen molar-refractivity contribution in [2.75, 3.05) is 0 Å². The minimum absolute atomic E-state index is 0.826. The fourth-order valence-electron chi connectivity index (χ4n) is 1.41. The van der Waals surface area contributed by atoms with E-state index in [2.05, 4.69) is 34.6 Å². The summed E-state index contributed by atoms with van der Waals surface area (Å²) in [5.74, 6) is 0. The van der Waals surface area contributed by atoms with E-state index in [1.807, 2.05) is 0 Å². The summed E-state index contributed by atoms with van der Waals surface area (Å²) in [6.45, 7) is 11.0. The van der Waals surface area contributed by atoms with Gasteiger partial charge in [0.25, 0.3) is 0 Å². The SMILES string of the molecule is Cc1c(C)c(C)[c-](C)c1C.[Cl][Zr][Cl].